The van der Waals surface area contributed by atoms with Crippen molar-refractivity contribution in [3.05, 3.63) is 62.2 Å². The van der Waals surface area contributed by atoms with E-state index in [-0.39, 0.29) is 17.3 Å². The van der Waals surface area contributed by atoms with Gasteiger partial charge in [-0.3, -0.25) is 9.59 Å². The van der Waals surface area contributed by atoms with E-state index >= 15 is 0 Å². The van der Waals surface area contributed by atoms with E-state index in [9.17, 15) is 9.59 Å². The van der Waals surface area contributed by atoms with Gasteiger partial charge in [-0.1, -0.05) is 23.9 Å². The largest absolute Gasteiger partial charge is 0.343 e. The summed E-state index contributed by atoms with van der Waals surface area (Å²) in [5, 5.41) is 5.81. The Morgan fingerprint density at radius 2 is 2.28 bits per heavy atom. The highest BCUT2D eigenvalue weighted by molar-refractivity contribution is 7.99. The van der Waals surface area contributed by atoms with Gasteiger partial charge < -0.3 is 10.3 Å². The average Bonchev–Trinajstić information content (AvgIpc) is 3.12. The topological polar surface area (TPSA) is 74.8 Å². The van der Waals surface area contributed by atoms with Gasteiger partial charge in [0.05, 0.1) is 11.5 Å². The summed E-state index contributed by atoms with van der Waals surface area (Å²) in [5.74, 6) is 1.04. The molecule has 0 saturated carbocycles. The molecule has 1 unspecified atom stereocenters. The van der Waals surface area contributed by atoms with Crippen molar-refractivity contribution in [1.82, 2.24) is 9.97 Å². The van der Waals surface area contributed by atoms with E-state index in [0.29, 0.717) is 28.7 Å². The second kappa shape index (κ2) is 6.65. The van der Waals surface area contributed by atoms with Gasteiger partial charge in [-0.05, 0) is 24.3 Å². The molecule has 0 aromatic carbocycles. The molecule has 1 atom stereocenters. The summed E-state index contributed by atoms with van der Waals surface area (Å²) < 4.78 is 0. The van der Waals surface area contributed by atoms with Crippen LogP contribution in [0, 0.1) is 0 Å². The fraction of sp³-hybridized carbons (Fsp3) is 0.278. The predicted molar refractivity (Wildman–Crippen MR) is 101 cm³/mol. The zero-order valence-corrected chi connectivity index (χ0v) is 15.1. The van der Waals surface area contributed by atoms with Gasteiger partial charge in [-0.15, -0.1) is 17.9 Å². The Labute approximate surface area is 153 Å². The van der Waals surface area contributed by atoms with Crippen LogP contribution in [-0.2, 0) is 4.79 Å². The summed E-state index contributed by atoms with van der Waals surface area (Å²) in [6, 6.07) is 3.93. The van der Waals surface area contributed by atoms with Crippen molar-refractivity contribution in [3.8, 4) is 0 Å². The lowest BCUT2D eigenvalue weighted by atomic mass is 9.79. The number of Topliss-reactive ketones (excluding diaryl/α,β-unsaturated/α-hetero) is 1. The maximum absolute atomic E-state index is 12.8. The first kappa shape index (κ1) is 16.4. The van der Waals surface area contributed by atoms with Crippen LogP contribution >= 0.6 is 23.1 Å². The fourth-order valence-corrected chi connectivity index (χ4v) is 4.83. The van der Waals surface area contributed by atoms with Gasteiger partial charge in [-0.25, -0.2) is 4.98 Å². The Morgan fingerprint density at radius 1 is 1.40 bits per heavy atom. The van der Waals surface area contributed by atoms with Gasteiger partial charge in [0.25, 0.3) is 5.56 Å². The number of carbonyl (C=O) groups excluding carboxylic acids is 1. The molecule has 25 heavy (non-hydrogen) atoms. The number of thioether (sulfide) groups is 1. The van der Waals surface area contributed by atoms with Crippen molar-refractivity contribution in [2.75, 3.05) is 11.1 Å². The number of hydrogen-bond donors (Lipinski definition) is 2. The Bertz CT molecular complexity index is 928. The number of rotatable bonds is 4. The Morgan fingerprint density at radius 3 is 3.04 bits per heavy atom. The molecule has 128 valence electrons. The van der Waals surface area contributed by atoms with Gasteiger partial charge in [0.2, 0.25) is 0 Å². The van der Waals surface area contributed by atoms with Gasteiger partial charge >= 0.3 is 0 Å². The number of allylic oxidation sites excluding steroid dienone is 2. The summed E-state index contributed by atoms with van der Waals surface area (Å²) in [4.78, 5) is 33.9. The third kappa shape index (κ3) is 2.87. The molecule has 2 aromatic heterocycles. The van der Waals surface area contributed by atoms with Crippen LogP contribution in [0.1, 0.15) is 35.6 Å². The molecular formula is C18H17N3O2S2. The summed E-state index contributed by atoms with van der Waals surface area (Å²) in [6.45, 7) is 3.69. The molecule has 1 aliphatic heterocycles. The number of nitrogens with one attached hydrogen (secondary N) is 2. The molecule has 4 rings (SSSR count). The van der Waals surface area contributed by atoms with E-state index in [0.717, 1.165) is 29.0 Å². The minimum absolute atomic E-state index is 0.127. The van der Waals surface area contributed by atoms with Crippen LogP contribution in [0.25, 0.3) is 0 Å². The Hall–Kier alpha value is -2.12. The molecule has 7 heteroatoms. The number of anilines is 1. The van der Waals surface area contributed by atoms with Crippen LogP contribution in [0.5, 0.6) is 0 Å². The molecule has 1 aliphatic carbocycles. The van der Waals surface area contributed by atoms with Crippen molar-refractivity contribution < 1.29 is 4.79 Å². The highest BCUT2D eigenvalue weighted by atomic mass is 32.2. The maximum atomic E-state index is 12.8. The minimum Gasteiger partial charge on any atom is -0.343 e. The molecular weight excluding hydrogens is 354 g/mol. The van der Waals surface area contributed by atoms with Crippen molar-refractivity contribution in [3.63, 3.8) is 0 Å². The number of nitrogens with zero attached hydrogens (tertiary/aromatic N) is 1. The third-order valence-electron chi connectivity index (χ3n) is 4.40. The quantitative estimate of drug-likeness (QED) is 0.487. The number of carbonyl (C=O) groups is 1. The lowest BCUT2D eigenvalue weighted by Gasteiger charge is -2.32. The third-order valence-corrected chi connectivity index (χ3v) is 6.21. The normalized spacial score (nSPS) is 19.2. The first-order valence-electron chi connectivity index (χ1n) is 8.13. The van der Waals surface area contributed by atoms with Crippen LogP contribution in [0.4, 0.5) is 5.82 Å². The van der Waals surface area contributed by atoms with E-state index in [1.165, 1.54) is 11.8 Å². The van der Waals surface area contributed by atoms with Crippen molar-refractivity contribution in [2.45, 2.75) is 30.3 Å². The molecule has 5 nitrogen and oxygen atoms in total. The molecule has 0 spiro atoms. The molecule has 2 aromatic rings. The summed E-state index contributed by atoms with van der Waals surface area (Å²) in [5.41, 5.74) is 2.01. The van der Waals surface area contributed by atoms with Crippen LogP contribution in [0.3, 0.4) is 0 Å². The molecule has 0 radical (unpaired) electrons. The number of H-pyrrole nitrogens is 1. The van der Waals surface area contributed by atoms with E-state index in [2.05, 4.69) is 21.9 Å². The highest BCUT2D eigenvalue weighted by Gasteiger charge is 2.38. The molecule has 0 fully saturated rings. The lowest BCUT2D eigenvalue weighted by molar-refractivity contribution is -0.116. The minimum atomic E-state index is -0.325. The monoisotopic (exact) mass is 371 g/mol. The fourth-order valence-electron chi connectivity index (χ4n) is 3.39. The number of thiophene rings is 1. The number of aromatic nitrogens is 2. The molecule has 3 heterocycles. The Kier molecular flexibility index (Phi) is 4.35. The van der Waals surface area contributed by atoms with E-state index in [4.69, 9.17) is 0 Å². The Balaban J connectivity index is 1.89. The first-order chi connectivity index (χ1) is 12.2. The molecule has 0 amide bonds. The van der Waals surface area contributed by atoms with Crippen LogP contribution < -0.4 is 10.9 Å². The van der Waals surface area contributed by atoms with Crippen LogP contribution in [0.15, 0.2) is 51.4 Å². The van der Waals surface area contributed by atoms with Crippen LogP contribution in [-0.4, -0.2) is 21.5 Å². The number of fused-ring (bicyclic) bond motifs is 1. The van der Waals surface area contributed by atoms with Gasteiger partial charge in [0.15, 0.2) is 10.9 Å². The first-order valence-corrected chi connectivity index (χ1v) is 10.00. The summed E-state index contributed by atoms with van der Waals surface area (Å²) in [6.07, 6.45) is 3.95. The predicted octanol–water partition coefficient (Wildman–Crippen LogP) is 3.67. The molecule has 0 bridgehead atoms. The standard InChI is InChI=1S/C18H17N3O2S2/c1-2-8-25-18-20-16-15(17(23)21-18)14(12-7-4-9-24-12)13-10(19-16)5-3-6-11(13)22/h2,4,7,9,14H,1,3,5-6,8H2,(H2,19,20,21,23). The zero-order valence-electron chi connectivity index (χ0n) is 13.5. The second-order valence-corrected chi connectivity index (χ2v) is 7.96. The summed E-state index contributed by atoms with van der Waals surface area (Å²) >= 11 is 3.00. The van der Waals surface area contributed by atoms with Crippen molar-refractivity contribution in [1.29, 1.82) is 0 Å². The van der Waals surface area contributed by atoms with Crippen molar-refractivity contribution >= 4 is 34.7 Å². The van der Waals surface area contributed by atoms with Gasteiger partial charge in [0, 0.05) is 28.3 Å². The smallest absolute Gasteiger partial charge is 0.257 e. The summed E-state index contributed by atoms with van der Waals surface area (Å²) in [7, 11) is 0. The van der Waals surface area contributed by atoms with E-state index in [1.54, 1.807) is 17.4 Å². The van der Waals surface area contributed by atoms with E-state index < -0.39 is 0 Å². The SMILES string of the molecule is C=CCSc1nc2c(c(=O)[nH]1)C(c1cccs1)C1=C(CCCC1=O)N2. The lowest BCUT2D eigenvalue weighted by Crippen LogP contribution is -2.32. The van der Waals surface area contributed by atoms with Crippen molar-refractivity contribution in [2.24, 2.45) is 0 Å². The molecule has 2 aliphatic rings. The molecule has 0 saturated heterocycles. The van der Waals surface area contributed by atoms with Crippen LogP contribution in [0.2, 0.25) is 0 Å². The average molecular weight is 371 g/mol. The number of hydrogen-bond acceptors (Lipinski definition) is 6. The number of ketones is 1. The maximum Gasteiger partial charge on any atom is 0.257 e. The van der Waals surface area contributed by atoms with Gasteiger partial charge in [0.1, 0.15) is 5.82 Å². The van der Waals surface area contributed by atoms with E-state index in [1.807, 2.05) is 17.5 Å². The molecule has 2 N–H and O–H groups in total. The highest BCUT2D eigenvalue weighted by Crippen LogP contribution is 2.44. The number of aromatic amines is 1. The second-order valence-electron chi connectivity index (χ2n) is 5.98. The van der Waals surface area contributed by atoms with Gasteiger partial charge in [-0.2, -0.15) is 0 Å². The zero-order chi connectivity index (χ0) is 17.4.